The van der Waals surface area contributed by atoms with E-state index in [1.165, 1.54) is 0 Å². The molecule has 26 heavy (non-hydrogen) atoms. The quantitative estimate of drug-likeness (QED) is 0.452. The van der Waals surface area contributed by atoms with Gasteiger partial charge >= 0.3 is 5.97 Å². The molecule has 2 aromatic carbocycles. The number of carboxylic acid groups (broad SMARTS) is 1. The number of carboxylic acids is 1. The van der Waals surface area contributed by atoms with Gasteiger partial charge in [0.15, 0.2) is 5.78 Å². The molecule has 2 rings (SSSR count). The summed E-state index contributed by atoms with van der Waals surface area (Å²) in [7, 11) is 0. The third-order valence-corrected chi connectivity index (χ3v) is 4.03. The van der Waals surface area contributed by atoms with Gasteiger partial charge in [0.25, 0.3) is 0 Å². The van der Waals surface area contributed by atoms with E-state index in [1.54, 1.807) is 0 Å². The highest BCUT2D eigenvalue weighted by atomic mass is 16.5. The number of aryl methyl sites for hydroxylation is 1. The lowest BCUT2D eigenvalue weighted by Crippen LogP contribution is -2.40. The van der Waals surface area contributed by atoms with Gasteiger partial charge in [-0.15, -0.1) is 0 Å². The Bertz CT molecular complexity index is 673. The molecule has 0 radical (unpaired) electrons. The molecule has 0 bridgehead atoms. The standard InChI is InChI=1S/C21H25NO4/c23-20(15-21(24)25)19(12-11-17-7-3-1-4-8-17)22-13-14-26-16-18-9-5-2-6-10-18/h1-10,19,22H,11-16H2,(H,24,25). The van der Waals surface area contributed by atoms with Crippen molar-refractivity contribution in [2.45, 2.75) is 31.9 Å². The molecule has 0 aliphatic carbocycles. The number of ether oxygens (including phenoxy) is 1. The molecule has 0 aromatic heterocycles. The molecule has 5 heteroatoms. The van der Waals surface area contributed by atoms with Crippen molar-refractivity contribution < 1.29 is 19.4 Å². The van der Waals surface area contributed by atoms with Crippen LogP contribution in [0.3, 0.4) is 0 Å². The highest BCUT2D eigenvalue weighted by Gasteiger charge is 2.20. The normalized spacial score (nSPS) is 11.8. The molecule has 0 spiro atoms. The van der Waals surface area contributed by atoms with Gasteiger partial charge in [-0.3, -0.25) is 9.59 Å². The van der Waals surface area contributed by atoms with Crippen LogP contribution >= 0.6 is 0 Å². The van der Waals surface area contributed by atoms with E-state index in [9.17, 15) is 9.59 Å². The van der Waals surface area contributed by atoms with Crippen molar-refractivity contribution in [3.63, 3.8) is 0 Å². The molecule has 0 saturated heterocycles. The second-order valence-electron chi connectivity index (χ2n) is 6.11. The number of carbonyl (C=O) groups is 2. The van der Waals surface area contributed by atoms with Gasteiger partial charge < -0.3 is 15.2 Å². The first-order valence-corrected chi connectivity index (χ1v) is 8.78. The molecule has 0 aliphatic heterocycles. The first-order valence-electron chi connectivity index (χ1n) is 8.78. The van der Waals surface area contributed by atoms with E-state index in [1.807, 2.05) is 60.7 Å². The van der Waals surface area contributed by atoms with Crippen LogP contribution < -0.4 is 5.32 Å². The molecular formula is C21H25NO4. The number of hydrogen-bond donors (Lipinski definition) is 2. The third kappa shape index (κ3) is 7.59. The summed E-state index contributed by atoms with van der Waals surface area (Å²) in [4.78, 5) is 23.0. The Kier molecular flexibility index (Phi) is 8.52. The van der Waals surface area contributed by atoms with Crippen molar-refractivity contribution in [1.82, 2.24) is 5.32 Å². The summed E-state index contributed by atoms with van der Waals surface area (Å²) in [5.74, 6) is -1.39. The summed E-state index contributed by atoms with van der Waals surface area (Å²) in [6, 6.07) is 19.2. The van der Waals surface area contributed by atoms with Gasteiger partial charge in [0.1, 0.15) is 6.42 Å². The zero-order valence-electron chi connectivity index (χ0n) is 14.8. The van der Waals surface area contributed by atoms with Gasteiger partial charge in [-0.05, 0) is 24.0 Å². The lowest BCUT2D eigenvalue weighted by Gasteiger charge is -2.17. The van der Waals surface area contributed by atoms with Crippen LogP contribution in [0.5, 0.6) is 0 Å². The number of aliphatic carboxylic acids is 1. The second kappa shape index (κ2) is 11.2. The van der Waals surface area contributed by atoms with Crippen molar-refractivity contribution in [1.29, 1.82) is 0 Å². The van der Waals surface area contributed by atoms with Crippen LogP contribution in [-0.2, 0) is 27.4 Å². The van der Waals surface area contributed by atoms with E-state index < -0.39 is 18.4 Å². The Balaban J connectivity index is 1.77. The molecule has 0 saturated carbocycles. The van der Waals surface area contributed by atoms with E-state index in [2.05, 4.69) is 5.32 Å². The number of hydrogen-bond acceptors (Lipinski definition) is 4. The lowest BCUT2D eigenvalue weighted by atomic mass is 10.0. The molecule has 0 amide bonds. The zero-order valence-corrected chi connectivity index (χ0v) is 14.8. The Hall–Kier alpha value is -2.50. The van der Waals surface area contributed by atoms with E-state index >= 15 is 0 Å². The third-order valence-electron chi connectivity index (χ3n) is 4.03. The minimum absolute atomic E-state index is 0.295. The smallest absolute Gasteiger partial charge is 0.310 e. The van der Waals surface area contributed by atoms with Crippen LogP contribution in [0, 0.1) is 0 Å². The average Bonchev–Trinajstić information content (AvgIpc) is 2.65. The van der Waals surface area contributed by atoms with Crippen molar-refractivity contribution in [3.05, 3.63) is 71.8 Å². The minimum atomic E-state index is -1.10. The summed E-state index contributed by atoms with van der Waals surface area (Å²) in [5.41, 5.74) is 2.22. The minimum Gasteiger partial charge on any atom is -0.481 e. The molecule has 2 aromatic rings. The van der Waals surface area contributed by atoms with Crippen LogP contribution in [-0.4, -0.2) is 36.1 Å². The summed E-state index contributed by atoms with van der Waals surface area (Å²) in [6.45, 7) is 1.47. The van der Waals surface area contributed by atoms with Gasteiger partial charge in [-0.1, -0.05) is 60.7 Å². The molecule has 2 N–H and O–H groups in total. The predicted octanol–water partition coefficient (Wildman–Crippen LogP) is 2.84. The molecule has 1 atom stereocenters. The SMILES string of the molecule is O=C(O)CC(=O)C(CCc1ccccc1)NCCOCc1ccccc1. The number of ketones is 1. The maximum absolute atomic E-state index is 12.2. The Morgan fingerprint density at radius 2 is 1.58 bits per heavy atom. The van der Waals surface area contributed by atoms with Crippen molar-refractivity contribution in [2.24, 2.45) is 0 Å². The second-order valence-corrected chi connectivity index (χ2v) is 6.11. The molecule has 0 heterocycles. The molecule has 0 aliphatic rings. The highest BCUT2D eigenvalue weighted by molar-refractivity contribution is 5.97. The summed E-state index contributed by atoms with van der Waals surface area (Å²) < 4.78 is 5.60. The van der Waals surface area contributed by atoms with E-state index in [4.69, 9.17) is 9.84 Å². The number of rotatable bonds is 12. The average molecular weight is 355 g/mol. The van der Waals surface area contributed by atoms with Crippen molar-refractivity contribution in [3.8, 4) is 0 Å². The van der Waals surface area contributed by atoms with Gasteiger partial charge in [0.05, 0.1) is 19.3 Å². The van der Waals surface area contributed by atoms with Crippen molar-refractivity contribution in [2.75, 3.05) is 13.2 Å². The van der Waals surface area contributed by atoms with Gasteiger partial charge in [-0.25, -0.2) is 0 Å². The van der Waals surface area contributed by atoms with Crippen LogP contribution in [0.4, 0.5) is 0 Å². The highest BCUT2D eigenvalue weighted by Crippen LogP contribution is 2.07. The monoisotopic (exact) mass is 355 g/mol. The summed E-state index contributed by atoms with van der Waals surface area (Å²) >= 11 is 0. The topological polar surface area (TPSA) is 75.6 Å². The van der Waals surface area contributed by atoms with Gasteiger partial charge in [0, 0.05) is 6.54 Å². The molecular weight excluding hydrogens is 330 g/mol. The Morgan fingerprint density at radius 1 is 0.962 bits per heavy atom. The van der Waals surface area contributed by atoms with E-state index in [-0.39, 0.29) is 5.78 Å². The van der Waals surface area contributed by atoms with Crippen LogP contribution in [0.1, 0.15) is 24.0 Å². The summed E-state index contributed by atoms with van der Waals surface area (Å²) in [6.07, 6.45) is 0.820. The zero-order chi connectivity index (χ0) is 18.6. The van der Waals surface area contributed by atoms with Crippen LogP contribution in [0.15, 0.2) is 60.7 Å². The molecule has 5 nitrogen and oxygen atoms in total. The van der Waals surface area contributed by atoms with Gasteiger partial charge in [0.2, 0.25) is 0 Å². The maximum atomic E-state index is 12.2. The molecule has 0 fully saturated rings. The van der Waals surface area contributed by atoms with E-state index in [0.717, 1.165) is 17.5 Å². The lowest BCUT2D eigenvalue weighted by molar-refractivity contribution is -0.140. The Labute approximate surface area is 154 Å². The first kappa shape index (κ1) is 19.8. The number of Topliss-reactive ketones (excluding diaryl/α,β-unsaturated/α-hetero) is 1. The van der Waals surface area contributed by atoms with Crippen LogP contribution in [0.2, 0.25) is 0 Å². The number of benzene rings is 2. The first-order chi connectivity index (χ1) is 12.6. The fraction of sp³-hybridized carbons (Fsp3) is 0.333. The fourth-order valence-corrected chi connectivity index (χ4v) is 2.67. The molecule has 1 unspecified atom stereocenters. The van der Waals surface area contributed by atoms with Crippen LogP contribution in [0.25, 0.3) is 0 Å². The largest absolute Gasteiger partial charge is 0.481 e. The fourth-order valence-electron chi connectivity index (χ4n) is 2.67. The number of nitrogens with one attached hydrogen (secondary N) is 1. The maximum Gasteiger partial charge on any atom is 0.310 e. The van der Waals surface area contributed by atoms with Crippen molar-refractivity contribution >= 4 is 11.8 Å². The summed E-state index contributed by atoms with van der Waals surface area (Å²) in [5, 5.41) is 12.0. The number of carbonyl (C=O) groups excluding carboxylic acids is 1. The van der Waals surface area contributed by atoms with Gasteiger partial charge in [-0.2, -0.15) is 0 Å². The Morgan fingerprint density at radius 3 is 2.19 bits per heavy atom. The molecule has 138 valence electrons. The predicted molar refractivity (Wildman–Crippen MR) is 99.9 cm³/mol. The van der Waals surface area contributed by atoms with E-state index in [0.29, 0.717) is 26.2 Å².